The van der Waals surface area contributed by atoms with Crippen molar-refractivity contribution in [2.24, 2.45) is 5.41 Å². The van der Waals surface area contributed by atoms with Gasteiger partial charge in [0.25, 0.3) is 0 Å². The summed E-state index contributed by atoms with van der Waals surface area (Å²) in [5.74, 6) is -2.27. The third kappa shape index (κ3) is 13.2. The van der Waals surface area contributed by atoms with Crippen molar-refractivity contribution in [2.75, 3.05) is 13.2 Å². The minimum atomic E-state index is -1.70. The van der Waals surface area contributed by atoms with Crippen LogP contribution in [0.4, 0.5) is 11.4 Å². The number of carboxylic acid groups (broad SMARTS) is 2. The Labute approximate surface area is 437 Å². The maximum absolute atomic E-state index is 12.0. The van der Waals surface area contributed by atoms with Gasteiger partial charge in [-0.25, -0.2) is 9.69 Å². The molecule has 0 saturated carbocycles. The van der Waals surface area contributed by atoms with Gasteiger partial charge in [0.15, 0.2) is 11.4 Å². The Morgan fingerprint density at radius 2 is 1.11 bits per heavy atom. The predicted octanol–water partition coefficient (Wildman–Crippen LogP) is 10.2. The minimum Gasteiger partial charge on any atom is -0.481 e. The van der Waals surface area contributed by atoms with Gasteiger partial charge in [0.05, 0.1) is 43.9 Å². The summed E-state index contributed by atoms with van der Waals surface area (Å²) in [6.07, 6.45) is 0.154. The summed E-state index contributed by atoms with van der Waals surface area (Å²) >= 11 is 13.5. The number of aromatic nitrogens is 2. The number of carboxylic acids is 2. The number of ether oxygens (including phenoxy) is 4. The predicted molar refractivity (Wildman–Crippen MR) is 273 cm³/mol. The van der Waals surface area contributed by atoms with Crippen LogP contribution < -0.4 is 24.3 Å². The smallest absolute Gasteiger partial charge is 0.326 e. The van der Waals surface area contributed by atoms with E-state index in [1.165, 1.54) is 32.0 Å². The highest BCUT2D eigenvalue weighted by Gasteiger charge is 2.34. The summed E-state index contributed by atoms with van der Waals surface area (Å²) < 4.78 is 24.7. The fourth-order valence-corrected chi connectivity index (χ4v) is 7.99. The van der Waals surface area contributed by atoms with E-state index in [0.29, 0.717) is 22.3 Å². The third-order valence-electron chi connectivity index (χ3n) is 12.4. The molecule has 2 aromatic heterocycles. The fourth-order valence-electron chi connectivity index (χ4n) is 7.53. The molecule has 19 heteroatoms. The number of nitrogens with zero attached hydrogens (tertiary/aromatic N) is 6. The Hall–Kier alpha value is -8.26. The lowest BCUT2D eigenvalue weighted by Gasteiger charge is -2.24. The second kappa shape index (κ2) is 24.4. The number of halogens is 2. The van der Waals surface area contributed by atoms with Crippen molar-refractivity contribution in [1.82, 2.24) is 15.3 Å². The molecule has 17 nitrogen and oxygen atoms in total. The number of hydrogen-bond acceptors (Lipinski definition) is 13. The monoisotopic (exact) mass is 1040 g/mol. The quantitative estimate of drug-likeness (QED) is 0.0375. The molecule has 6 aromatic rings. The number of aliphatic hydroxyl groups is 2. The lowest BCUT2D eigenvalue weighted by Crippen LogP contribution is -2.52. The molecule has 0 amide bonds. The lowest BCUT2D eigenvalue weighted by molar-refractivity contribution is -0.150. The molecule has 2 heterocycles. The molecule has 0 saturated heterocycles. The van der Waals surface area contributed by atoms with Crippen molar-refractivity contribution >= 4 is 46.5 Å². The summed E-state index contributed by atoms with van der Waals surface area (Å²) in [6, 6.07) is 28.0. The molecule has 378 valence electrons. The van der Waals surface area contributed by atoms with Crippen molar-refractivity contribution in [1.29, 1.82) is 10.5 Å². The number of pyridine rings is 2. The number of aliphatic carboxylic acids is 2. The second-order valence-electron chi connectivity index (χ2n) is 17.7. The molecule has 0 fully saturated rings. The summed E-state index contributed by atoms with van der Waals surface area (Å²) in [4.78, 5) is 40.0. The molecule has 5 N–H and O–H groups in total. The van der Waals surface area contributed by atoms with Crippen LogP contribution in [0.2, 0.25) is 10.0 Å². The number of nitrogens with one attached hydrogen (secondary N) is 1. The molecule has 0 aliphatic heterocycles. The van der Waals surface area contributed by atoms with Gasteiger partial charge in [-0.3, -0.25) is 14.9 Å². The Bertz CT molecular complexity index is 3010. The highest BCUT2D eigenvalue weighted by molar-refractivity contribution is 6.32. The van der Waals surface area contributed by atoms with Gasteiger partial charge in [0.1, 0.15) is 42.0 Å². The van der Waals surface area contributed by atoms with E-state index in [-0.39, 0.29) is 102 Å². The third-order valence-corrected chi connectivity index (χ3v) is 12.9. The van der Waals surface area contributed by atoms with E-state index in [2.05, 4.69) is 25.0 Å². The number of aliphatic hydroxyl groups excluding tert-OH is 2. The molecule has 0 unspecified atom stereocenters. The second-order valence-corrected chi connectivity index (χ2v) is 18.5. The Morgan fingerprint density at radius 1 is 0.649 bits per heavy atom. The zero-order valence-corrected chi connectivity index (χ0v) is 42.1. The van der Waals surface area contributed by atoms with E-state index >= 15 is 0 Å². The van der Waals surface area contributed by atoms with Gasteiger partial charge >= 0.3 is 11.9 Å². The van der Waals surface area contributed by atoms with Gasteiger partial charge < -0.3 is 39.4 Å². The minimum absolute atomic E-state index is 0.0153. The van der Waals surface area contributed by atoms with Crippen molar-refractivity contribution in [3.63, 3.8) is 0 Å². The largest absolute Gasteiger partial charge is 0.481 e. The van der Waals surface area contributed by atoms with Crippen LogP contribution in [0, 0.1) is 55.1 Å². The number of benzene rings is 4. The SMILES string of the molecule is [C-]#[N+]c1cc(C#N)cc(COc2nc(OCc3cccc(-c4cccc(COc5nc(OCc6cc(C#N)cc([N+]#[C-])c6)c(CN[C@](C)(CO)C(=O)O)cc5Cl)c4C)c3C)c(Cl)cc2CC[C@](C)(CO)C(=O)O)c1. The average Bonchev–Trinajstić information content (AvgIpc) is 3.40. The topological polar surface area (TPSA) is 246 Å². The molecule has 0 spiro atoms. The molecule has 74 heavy (non-hydrogen) atoms. The summed E-state index contributed by atoms with van der Waals surface area (Å²) in [6.45, 7) is 20.0. The van der Waals surface area contributed by atoms with Gasteiger partial charge in [0, 0.05) is 28.8 Å². The van der Waals surface area contributed by atoms with Crippen LogP contribution in [-0.4, -0.2) is 61.1 Å². The van der Waals surface area contributed by atoms with Gasteiger partial charge in [-0.05, 0) is 134 Å². The standard InChI is InChI=1S/C55H49Cl2N7O10/c1-32-39(28-73-50-46(56)21-38(13-14-54(3,30-65)52(67)68)48(63-50)71-26-36-15-34(23-58)17-42(19-36)60-5)9-7-11-44(32)45-12-8-10-40(33(45)2)29-74-51-47(57)22-41(25-62-55(4,31-66)53(69)70)49(64-51)72-27-37-16-35(24-59)18-43(20-37)61-6/h7-12,15-22,62,65-66H,13-14,25-31H2,1-4H3,(H,67,68)(H,69,70)/t54-,55-/m1/s1. The van der Waals surface area contributed by atoms with Crippen LogP contribution in [0.3, 0.4) is 0 Å². The summed E-state index contributed by atoms with van der Waals surface area (Å²) in [7, 11) is 0. The molecule has 0 aliphatic rings. The normalized spacial score (nSPS) is 12.4. The zero-order chi connectivity index (χ0) is 53.7. The molecule has 4 aromatic carbocycles. The molecule has 0 radical (unpaired) electrons. The number of nitriles is 2. The summed E-state index contributed by atoms with van der Waals surface area (Å²) in [5, 5.41) is 61.4. The van der Waals surface area contributed by atoms with Gasteiger partial charge in [-0.2, -0.15) is 20.5 Å². The maximum atomic E-state index is 12.0. The first-order valence-corrected chi connectivity index (χ1v) is 23.5. The van der Waals surface area contributed by atoms with E-state index in [4.69, 9.17) is 55.3 Å². The Kier molecular flexibility index (Phi) is 18.2. The van der Waals surface area contributed by atoms with Crippen molar-refractivity contribution in [3.8, 4) is 46.8 Å². The molecule has 0 aliphatic carbocycles. The van der Waals surface area contributed by atoms with E-state index < -0.39 is 36.1 Å². The van der Waals surface area contributed by atoms with Crippen LogP contribution >= 0.6 is 23.2 Å². The van der Waals surface area contributed by atoms with Crippen molar-refractivity contribution < 1.29 is 49.0 Å². The first-order chi connectivity index (χ1) is 35.4. The molecular weight excluding hydrogens is 990 g/mol. The average molecular weight is 1040 g/mol. The van der Waals surface area contributed by atoms with Crippen molar-refractivity contribution in [3.05, 3.63) is 173 Å². The van der Waals surface area contributed by atoms with Crippen LogP contribution in [0.1, 0.15) is 75.9 Å². The Balaban J connectivity index is 1.24. The van der Waals surface area contributed by atoms with Crippen LogP contribution in [-0.2, 0) is 49.0 Å². The first kappa shape index (κ1) is 55.1. The zero-order valence-electron chi connectivity index (χ0n) is 40.6. The summed E-state index contributed by atoms with van der Waals surface area (Å²) in [5.41, 5.74) is 4.91. The highest BCUT2D eigenvalue weighted by atomic mass is 35.5. The van der Waals surface area contributed by atoms with E-state index in [0.717, 1.165) is 33.4 Å². The van der Waals surface area contributed by atoms with Gasteiger partial charge in [0.2, 0.25) is 23.5 Å². The van der Waals surface area contributed by atoms with Crippen LogP contribution in [0.25, 0.3) is 20.8 Å². The van der Waals surface area contributed by atoms with Gasteiger partial charge in [-0.15, -0.1) is 0 Å². The van der Waals surface area contributed by atoms with Crippen LogP contribution in [0.15, 0.2) is 84.9 Å². The molecule has 0 bridgehead atoms. The number of hydrogen-bond donors (Lipinski definition) is 5. The molecule has 2 atom stereocenters. The Morgan fingerprint density at radius 3 is 1.53 bits per heavy atom. The number of aryl methyl sites for hydroxylation is 1. The lowest BCUT2D eigenvalue weighted by atomic mass is 9.85. The highest BCUT2D eigenvalue weighted by Crippen LogP contribution is 2.37. The van der Waals surface area contributed by atoms with Gasteiger partial charge in [-0.1, -0.05) is 59.6 Å². The first-order valence-electron chi connectivity index (χ1n) is 22.7. The number of rotatable bonds is 23. The van der Waals surface area contributed by atoms with Crippen molar-refractivity contribution in [2.45, 2.75) is 79.0 Å². The van der Waals surface area contributed by atoms with E-state index in [1.807, 2.05) is 62.4 Å². The van der Waals surface area contributed by atoms with Crippen LogP contribution in [0.5, 0.6) is 23.5 Å². The molecular formula is C55H49Cl2N7O10. The fraction of sp³-hybridized carbons (Fsp3) is 0.273. The maximum Gasteiger partial charge on any atom is 0.326 e. The molecule has 6 rings (SSSR count). The van der Waals surface area contributed by atoms with E-state index in [1.54, 1.807) is 30.3 Å². The number of carbonyl (C=O) groups is 2. The van der Waals surface area contributed by atoms with E-state index in [9.17, 15) is 40.5 Å².